The van der Waals surface area contributed by atoms with Gasteiger partial charge in [-0.15, -0.1) is 6.58 Å². The first-order valence-corrected chi connectivity index (χ1v) is 8.57. The van der Waals surface area contributed by atoms with Crippen molar-refractivity contribution in [2.24, 2.45) is 28.1 Å². The molecule has 2 nitrogen and oxygen atoms in total. The molecule has 0 spiro atoms. The predicted octanol–water partition coefficient (Wildman–Crippen LogP) is 4.50. The number of allylic oxidation sites excluding steroid dienone is 3. The molecule has 4 atom stereocenters. The Balaban J connectivity index is 2.07. The second-order valence-electron chi connectivity index (χ2n) is 8.73. The molecule has 0 saturated heterocycles. The highest BCUT2D eigenvalue weighted by molar-refractivity contribution is 5.99. The van der Waals surface area contributed by atoms with E-state index in [2.05, 4.69) is 40.3 Å². The summed E-state index contributed by atoms with van der Waals surface area (Å²) in [5.74, 6) is 1.10. The van der Waals surface area contributed by atoms with Gasteiger partial charge in [0.1, 0.15) is 5.78 Å². The average Bonchev–Trinajstić information content (AvgIpc) is 2.47. The van der Waals surface area contributed by atoms with Gasteiger partial charge in [0.05, 0.1) is 0 Å². The molecule has 0 aromatic carbocycles. The van der Waals surface area contributed by atoms with Gasteiger partial charge in [-0.1, -0.05) is 39.8 Å². The number of hydrogen-bond acceptors (Lipinski definition) is 2. The molecule has 3 rings (SSSR count). The summed E-state index contributed by atoms with van der Waals surface area (Å²) in [5.41, 5.74) is 0.690. The number of carbonyl (C=O) groups is 2. The summed E-state index contributed by atoms with van der Waals surface area (Å²) in [5, 5.41) is 0. The van der Waals surface area contributed by atoms with E-state index in [-0.39, 0.29) is 27.9 Å². The fourth-order valence-electron chi connectivity index (χ4n) is 5.37. The molecule has 0 aliphatic heterocycles. The van der Waals surface area contributed by atoms with Crippen molar-refractivity contribution in [1.82, 2.24) is 0 Å². The van der Waals surface area contributed by atoms with E-state index in [0.717, 1.165) is 24.8 Å². The van der Waals surface area contributed by atoms with E-state index in [0.29, 0.717) is 24.5 Å². The van der Waals surface area contributed by atoms with Gasteiger partial charge in [0, 0.05) is 23.7 Å². The average molecular weight is 300 g/mol. The van der Waals surface area contributed by atoms with Crippen LogP contribution >= 0.6 is 0 Å². The largest absolute Gasteiger partial charge is 0.299 e. The Morgan fingerprint density at radius 3 is 2.50 bits per heavy atom. The Morgan fingerprint density at radius 2 is 1.86 bits per heavy atom. The molecule has 0 N–H and O–H groups in total. The summed E-state index contributed by atoms with van der Waals surface area (Å²) >= 11 is 0. The van der Waals surface area contributed by atoms with Crippen LogP contribution in [0.1, 0.15) is 59.8 Å². The number of ketones is 2. The van der Waals surface area contributed by atoms with Gasteiger partial charge in [-0.25, -0.2) is 0 Å². The van der Waals surface area contributed by atoms with Crippen molar-refractivity contribution in [3.8, 4) is 0 Å². The van der Waals surface area contributed by atoms with Gasteiger partial charge in [-0.2, -0.15) is 0 Å². The van der Waals surface area contributed by atoms with Crippen LogP contribution in [0.3, 0.4) is 0 Å². The third-order valence-corrected chi connectivity index (χ3v) is 7.08. The summed E-state index contributed by atoms with van der Waals surface area (Å²) in [6.07, 6.45) is 8.38. The van der Waals surface area contributed by atoms with Gasteiger partial charge in [0.15, 0.2) is 5.78 Å². The summed E-state index contributed by atoms with van der Waals surface area (Å²) in [6.45, 7) is 12.5. The van der Waals surface area contributed by atoms with Gasteiger partial charge in [0.2, 0.25) is 0 Å². The number of rotatable bonds is 1. The van der Waals surface area contributed by atoms with Crippen LogP contribution < -0.4 is 0 Å². The normalized spacial score (nSPS) is 43.9. The molecule has 0 amide bonds. The molecule has 3 aliphatic carbocycles. The van der Waals surface area contributed by atoms with Crippen LogP contribution in [0.5, 0.6) is 0 Å². The standard InChI is InChI=1S/C20H28O2/c1-6-19(4)9-7-14-13(12-19)15(21)11-16-18(2,3)17(22)8-10-20(14,16)5/h6,12,14,16H,1,7-11H2,2-5H3. The van der Waals surface area contributed by atoms with Crippen molar-refractivity contribution < 1.29 is 9.59 Å². The number of hydrogen-bond donors (Lipinski definition) is 0. The molecule has 2 saturated carbocycles. The van der Waals surface area contributed by atoms with E-state index < -0.39 is 0 Å². The monoisotopic (exact) mass is 300 g/mol. The minimum atomic E-state index is -0.368. The van der Waals surface area contributed by atoms with Crippen LogP contribution in [-0.4, -0.2) is 11.6 Å². The van der Waals surface area contributed by atoms with Crippen molar-refractivity contribution in [3.05, 3.63) is 24.3 Å². The molecule has 0 radical (unpaired) electrons. The molecule has 120 valence electrons. The minimum Gasteiger partial charge on any atom is -0.299 e. The smallest absolute Gasteiger partial charge is 0.159 e. The van der Waals surface area contributed by atoms with Crippen LogP contribution in [0.2, 0.25) is 0 Å². The van der Waals surface area contributed by atoms with Gasteiger partial charge >= 0.3 is 0 Å². The first-order chi connectivity index (χ1) is 10.1. The Morgan fingerprint density at radius 1 is 1.18 bits per heavy atom. The zero-order chi connectivity index (χ0) is 16.3. The quantitative estimate of drug-likeness (QED) is 0.668. The van der Waals surface area contributed by atoms with E-state index in [9.17, 15) is 9.59 Å². The van der Waals surface area contributed by atoms with Gasteiger partial charge < -0.3 is 0 Å². The van der Waals surface area contributed by atoms with E-state index in [4.69, 9.17) is 0 Å². The minimum absolute atomic E-state index is 0.0509. The summed E-state index contributed by atoms with van der Waals surface area (Å²) < 4.78 is 0. The summed E-state index contributed by atoms with van der Waals surface area (Å²) in [4.78, 5) is 25.2. The van der Waals surface area contributed by atoms with E-state index in [1.54, 1.807) is 0 Å². The number of fused-ring (bicyclic) bond motifs is 3. The van der Waals surface area contributed by atoms with Crippen LogP contribution in [-0.2, 0) is 9.59 Å². The fourth-order valence-corrected chi connectivity index (χ4v) is 5.37. The molecule has 4 unspecified atom stereocenters. The number of carbonyl (C=O) groups excluding carboxylic acids is 2. The Labute approximate surface area is 134 Å². The molecule has 3 aliphatic rings. The summed E-state index contributed by atoms with van der Waals surface area (Å²) in [7, 11) is 0. The lowest BCUT2D eigenvalue weighted by Crippen LogP contribution is -2.56. The molecule has 0 bridgehead atoms. The maximum absolute atomic E-state index is 12.8. The SMILES string of the molecule is C=CC1(C)C=C2C(=O)CC3C(C)(C)C(=O)CCC3(C)C2CC1. The topological polar surface area (TPSA) is 34.1 Å². The third kappa shape index (κ3) is 1.99. The van der Waals surface area contributed by atoms with Crippen molar-refractivity contribution in [1.29, 1.82) is 0 Å². The van der Waals surface area contributed by atoms with Crippen molar-refractivity contribution in [2.45, 2.75) is 59.8 Å². The van der Waals surface area contributed by atoms with Crippen molar-refractivity contribution in [2.75, 3.05) is 0 Å². The molecule has 2 fully saturated rings. The second-order valence-corrected chi connectivity index (χ2v) is 8.73. The molecule has 0 aromatic rings. The lowest BCUT2D eigenvalue weighted by Gasteiger charge is -2.58. The van der Waals surface area contributed by atoms with Gasteiger partial charge in [0.25, 0.3) is 0 Å². The Hall–Kier alpha value is -1.18. The Kier molecular flexibility index (Phi) is 3.33. The van der Waals surface area contributed by atoms with Gasteiger partial charge in [-0.05, 0) is 42.1 Å². The molecule has 2 heteroatoms. The van der Waals surface area contributed by atoms with Crippen LogP contribution in [0.15, 0.2) is 24.3 Å². The lowest BCUT2D eigenvalue weighted by atomic mass is 9.45. The molecule has 0 heterocycles. The molecular formula is C20H28O2. The molecular weight excluding hydrogens is 272 g/mol. The van der Waals surface area contributed by atoms with E-state index >= 15 is 0 Å². The highest BCUT2D eigenvalue weighted by Gasteiger charge is 2.59. The number of Topliss-reactive ketones (excluding diaryl/α,β-unsaturated/α-hetero) is 2. The predicted molar refractivity (Wildman–Crippen MR) is 88.4 cm³/mol. The maximum Gasteiger partial charge on any atom is 0.159 e. The molecule has 22 heavy (non-hydrogen) atoms. The highest BCUT2D eigenvalue weighted by Crippen LogP contribution is 2.62. The first kappa shape index (κ1) is 15.7. The van der Waals surface area contributed by atoms with Crippen LogP contribution in [0.25, 0.3) is 0 Å². The second kappa shape index (κ2) is 4.66. The summed E-state index contributed by atoms with van der Waals surface area (Å²) in [6, 6.07) is 0. The Bertz CT molecular complexity index is 583. The van der Waals surface area contributed by atoms with E-state index in [1.165, 1.54) is 0 Å². The molecule has 0 aromatic heterocycles. The maximum atomic E-state index is 12.8. The zero-order valence-corrected chi connectivity index (χ0v) is 14.4. The lowest BCUT2D eigenvalue weighted by molar-refractivity contribution is -0.149. The fraction of sp³-hybridized carbons (Fsp3) is 0.700. The third-order valence-electron chi connectivity index (χ3n) is 7.08. The van der Waals surface area contributed by atoms with Crippen LogP contribution in [0.4, 0.5) is 0 Å². The van der Waals surface area contributed by atoms with Crippen molar-refractivity contribution >= 4 is 11.6 Å². The van der Waals surface area contributed by atoms with Gasteiger partial charge in [-0.3, -0.25) is 9.59 Å². The van der Waals surface area contributed by atoms with E-state index in [1.807, 2.05) is 6.08 Å². The highest BCUT2D eigenvalue weighted by atomic mass is 16.1. The first-order valence-electron chi connectivity index (χ1n) is 8.57. The van der Waals surface area contributed by atoms with Crippen molar-refractivity contribution in [3.63, 3.8) is 0 Å². The van der Waals surface area contributed by atoms with Crippen LogP contribution in [0, 0.1) is 28.1 Å². The zero-order valence-electron chi connectivity index (χ0n) is 14.4.